The highest BCUT2D eigenvalue weighted by Crippen LogP contribution is 2.44. The van der Waals surface area contributed by atoms with Crippen LogP contribution < -0.4 is 10.9 Å². The molecule has 1 unspecified atom stereocenters. The summed E-state index contributed by atoms with van der Waals surface area (Å²) in [5.41, 5.74) is 1.34. The minimum Gasteiger partial charge on any atom is -0.467 e. The third-order valence-corrected chi connectivity index (χ3v) is 9.48. The van der Waals surface area contributed by atoms with Gasteiger partial charge in [-0.05, 0) is 56.2 Å². The molecule has 1 aliphatic carbocycles. The molecule has 216 valence electrons. The van der Waals surface area contributed by atoms with Crippen molar-refractivity contribution in [2.24, 2.45) is 0 Å². The van der Waals surface area contributed by atoms with E-state index < -0.39 is 23.5 Å². The van der Waals surface area contributed by atoms with E-state index in [0.29, 0.717) is 29.2 Å². The summed E-state index contributed by atoms with van der Waals surface area (Å²) in [6.07, 6.45) is 13.4. The smallest absolute Gasteiger partial charge is 0.333 e. The molecular formula is C33H40N4O4. The second-order valence-electron chi connectivity index (χ2n) is 11.9. The molecule has 2 bridgehead atoms. The maximum atomic E-state index is 14.1. The Morgan fingerprint density at radius 2 is 1.46 bits per heavy atom. The number of carbonyl (C=O) groups excluding carboxylic acids is 2. The summed E-state index contributed by atoms with van der Waals surface area (Å²) in [5, 5.41) is 2.73. The Balaban J connectivity index is 1.31. The lowest BCUT2D eigenvalue weighted by molar-refractivity contribution is -0.143. The van der Waals surface area contributed by atoms with Crippen LogP contribution in [0, 0.1) is 0 Å². The van der Waals surface area contributed by atoms with Crippen LogP contribution >= 0.6 is 0 Å². The number of nitrogens with zero attached hydrogens (tertiary/aromatic N) is 3. The lowest BCUT2D eigenvalue weighted by Crippen LogP contribution is -2.50. The van der Waals surface area contributed by atoms with Gasteiger partial charge in [-0.2, -0.15) is 0 Å². The molecule has 3 heterocycles. The van der Waals surface area contributed by atoms with Gasteiger partial charge in [-0.3, -0.25) is 14.5 Å². The molecule has 1 N–H and O–H groups in total. The minimum atomic E-state index is -1.04. The number of esters is 1. The minimum absolute atomic E-state index is 0.00483. The normalized spacial score (nSPS) is 24.4. The van der Waals surface area contributed by atoms with Gasteiger partial charge in [0.05, 0.1) is 18.1 Å². The first-order valence-corrected chi connectivity index (χ1v) is 15.3. The van der Waals surface area contributed by atoms with Crippen LogP contribution in [0.5, 0.6) is 0 Å². The van der Waals surface area contributed by atoms with E-state index in [1.807, 2.05) is 34.9 Å². The molecule has 1 amide bonds. The van der Waals surface area contributed by atoms with Crippen molar-refractivity contribution < 1.29 is 14.3 Å². The van der Waals surface area contributed by atoms with E-state index in [1.165, 1.54) is 64.9 Å². The van der Waals surface area contributed by atoms with Gasteiger partial charge < -0.3 is 14.6 Å². The van der Waals surface area contributed by atoms with Crippen LogP contribution in [0.25, 0.3) is 11.0 Å². The molecular weight excluding hydrogens is 516 g/mol. The molecule has 4 atom stereocenters. The summed E-state index contributed by atoms with van der Waals surface area (Å²) in [6, 6.07) is 17.0. The highest BCUT2D eigenvalue weighted by molar-refractivity contribution is 5.96. The number of piperidine rings is 1. The van der Waals surface area contributed by atoms with E-state index in [2.05, 4.69) is 15.2 Å². The molecule has 3 aliphatic rings. The van der Waals surface area contributed by atoms with Crippen molar-refractivity contribution in [3.63, 3.8) is 0 Å². The number of rotatable bonds is 6. The molecule has 1 aromatic heterocycles. The fourth-order valence-corrected chi connectivity index (χ4v) is 7.63. The number of para-hydroxylation sites is 2. The molecule has 2 aliphatic heterocycles. The number of ether oxygens (including phenoxy) is 1. The number of aromatic nitrogens is 2. The lowest BCUT2D eigenvalue weighted by Gasteiger charge is -2.45. The average molecular weight is 557 g/mol. The number of carbonyl (C=O) groups is 2. The fraction of sp³-hybridized carbons (Fsp3) is 0.515. The van der Waals surface area contributed by atoms with Gasteiger partial charge in [-0.25, -0.2) is 9.78 Å². The predicted molar refractivity (Wildman–Crippen MR) is 158 cm³/mol. The third-order valence-electron chi connectivity index (χ3n) is 9.48. The quantitative estimate of drug-likeness (QED) is 0.413. The summed E-state index contributed by atoms with van der Waals surface area (Å²) in [6.45, 7) is 0. The largest absolute Gasteiger partial charge is 0.467 e. The molecule has 2 aromatic carbocycles. The number of benzene rings is 2. The van der Waals surface area contributed by atoms with Crippen LogP contribution in [0.4, 0.5) is 0 Å². The van der Waals surface area contributed by atoms with Gasteiger partial charge in [0.1, 0.15) is 0 Å². The summed E-state index contributed by atoms with van der Waals surface area (Å²) >= 11 is 0. The number of nitrogens with one attached hydrogen (secondary N) is 1. The molecule has 41 heavy (non-hydrogen) atoms. The van der Waals surface area contributed by atoms with Crippen molar-refractivity contribution >= 4 is 22.9 Å². The highest BCUT2D eigenvalue weighted by atomic mass is 16.5. The Hall–Kier alpha value is -3.52. The molecule has 6 rings (SSSR count). The van der Waals surface area contributed by atoms with Crippen LogP contribution in [0.3, 0.4) is 0 Å². The summed E-state index contributed by atoms with van der Waals surface area (Å²) in [5.74, 6) is -1.28. The zero-order valence-electron chi connectivity index (χ0n) is 23.8. The second-order valence-corrected chi connectivity index (χ2v) is 11.9. The van der Waals surface area contributed by atoms with Crippen molar-refractivity contribution in [3.8, 4) is 0 Å². The van der Waals surface area contributed by atoms with E-state index in [0.717, 1.165) is 18.4 Å². The average Bonchev–Trinajstić information content (AvgIpc) is 3.23. The number of fused-ring (bicyclic) bond motifs is 3. The van der Waals surface area contributed by atoms with Crippen molar-refractivity contribution in [2.45, 2.75) is 101 Å². The van der Waals surface area contributed by atoms with Gasteiger partial charge in [0.25, 0.3) is 11.5 Å². The van der Waals surface area contributed by atoms with E-state index in [1.54, 1.807) is 24.3 Å². The zero-order valence-corrected chi connectivity index (χ0v) is 23.8. The van der Waals surface area contributed by atoms with Crippen molar-refractivity contribution in [1.82, 2.24) is 19.8 Å². The maximum absolute atomic E-state index is 14.1. The zero-order chi connectivity index (χ0) is 28.3. The molecule has 2 saturated heterocycles. The number of hydrogen-bond donors (Lipinski definition) is 1. The van der Waals surface area contributed by atoms with Gasteiger partial charge in [0, 0.05) is 24.2 Å². The van der Waals surface area contributed by atoms with Gasteiger partial charge in [-0.1, -0.05) is 74.6 Å². The predicted octanol–water partition coefficient (Wildman–Crippen LogP) is 5.32. The Morgan fingerprint density at radius 1 is 0.829 bits per heavy atom. The second kappa shape index (κ2) is 12.1. The van der Waals surface area contributed by atoms with Gasteiger partial charge in [-0.15, -0.1) is 0 Å². The molecule has 3 fully saturated rings. The Kier molecular flexibility index (Phi) is 8.19. The number of amides is 1. The first kappa shape index (κ1) is 27.6. The molecule has 1 saturated carbocycles. The van der Waals surface area contributed by atoms with Crippen molar-refractivity contribution in [3.05, 3.63) is 76.2 Å². The first-order chi connectivity index (χ1) is 20.0. The summed E-state index contributed by atoms with van der Waals surface area (Å²) in [4.78, 5) is 47.6. The molecule has 8 nitrogen and oxygen atoms in total. The van der Waals surface area contributed by atoms with E-state index in [9.17, 15) is 14.4 Å². The van der Waals surface area contributed by atoms with Gasteiger partial charge in [0.15, 0.2) is 11.7 Å². The van der Waals surface area contributed by atoms with Crippen LogP contribution in [0.1, 0.15) is 98.8 Å². The van der Waals surface area contributed by atoms with Crippen LogP contribution in [-0.4, -0.2) is 51.6 Å². The Bertz CT molecular complexity index is 1430. The van der Waals surface area contributed by atoms with Gasteiger partial charge in [0.2, 0.25) is 0 Å². The van der Waals surface area contributed by atoms with Gasteiger partial charge >= 0.3 is 5.97 Å². The van der Waals surface area contributed by atoms with E-state index >= 15 is 0 Å². The standard InChI is InChI=1S/C33H40N4O4/c1-41-33(40)29(22-12-6-5-7-13-22)35-31(38)30-32(39)37(28-17-11-10-16-27(28)34-30)26-20-24-18-19-25(21-26)36(24)23-14-8-3-2-4-9-15-23/h5-7,10-13,16-17,23-26,29H,2-4,8-9,14-15,18-21H2,1H3,(H,35,38)/t24-,25+,26+,29?. The molecule has 8 heteroatoms. The third kappa shape index (κ3) is 5.54. The SMILES string of the molecule is COC(=O)C(NC(=O)c1nc2ccccc2n([C@H]2C[C@H]3CC[C@@H](C2)N3C2CCCCCCC2)c1=O)c1ccccc1. The lowest BCUT2D eigenvalue weighted by atomic mass is 9.89. The van der Waals surface area contributed by atoms with Crippen molar-refractivity contribution in [2.75, 3.05) is 7.11 Å². The number of hydrogen-bond acceptors (Lipinski definition) is 6. The summed E-state index contributed by atoms with van der Waals surface area (Å²) < 4.78 is 6.79. The fourth-order valence-electron chi connectivity index (χ4n) is 7.63. The van der Waals surface area contributed by atoms with Crippen molar-refractivity contribution in [1.29, 1.82) is 0 Å². The van der Waals surface area contributed by atoms with Crippen LogP contribution in [0.15, 0.2) is 59.4 Å². The topological polar surface area (TPSA) is 93.5 Å². The Labute approximate surface area is 241 Å². The van der Waals surface area contributed by atoms with E-state index in [4.69, 9.17) is 4.74 Å². The summed E-state index contributed by atoms with van der Waals surface area (Å²) in [7, 11) is 1.28. The molecule has 0 radical (unpaired) electrons. The first-order valence-electron chi connectivity index (χ1n) is 15.3. The van der Waals surface area contributed by atoms with E-state index in [-0.39, 0.29) is 11.7 Å². The monoisotopic (exact) mass is 556 g/mol. The van der Waals surface area contributed by atoms with Crippen LogP contribution in [0.2, 0.25) is 0 Å². The van der Waals surface area contributed by atoms with Crippen LogP contribution in [-0.2, 0) is 9.53 Å². The molecule has 3 aromatic rings. The molecule has 0 spiro atoms. The maximum Gasteiger partial charge on any atom is 0.333 e. The highest BCUT2D eigenvalue weighted by Gasteiger charge is 2.44. The Morgan fingerprint density at radius 3 is 2.15 bits per heavy atom. The number of methoxy groups -OCH3 is 1.